The highest BCUT2D eigenvalue weighted by Gasteiger charge is 2.30. The highest BCUT2D eigenvalue weighted by molar-refractivity contribution is 5.19. The van der Waals surface area contributed by atoms with Crippen molar-refractivity contribution in [1.29, 1.82) is 0 Å². The van der Waals surface area contributed by atoms with E-state index in [1.807, 2.05) is 0 Å². The molecule has 2 aliphatic rings. The minimum atomic E-state index is 0.517. The van der Waals surface area contributed by atoms with E-state index in [4.69, 9.17) is 0 Å². The van der Waals surface area contributed by atoms with E-state index in [0.29, 0.717) is 6.04 Å². The summed E-state index contributed by atoms with van der Waals surface area (Å²) in [6, 6.07) is 12.2. The van der Waals surface area contributed by atoms with Gasteiger partial charge in [0.25, 0.3) is 0 Å². The van der Waals surface area contributed by atoms with Gasteiger partial charge in [0.05, 0.1) is 0 Å². The van der Waals surface area contributed by atoms with E-state index in [0.717, 1.165) is 18.5 Å². The van der Waals surface area contributed by atoms with Crippen molar-refractivity contribution in [1.82, 2.24) is 10.2 Å². The third-order valence-corrected chi connectivity index (χ3v) is 4.70. The zero-order valence-electron chi connectivity index (χ0n) is 12.0. The minimum absolute atomic E-state index is 0.517. The summed E-state index contributed by atoms with van der Waals surface area (Å²) in [7, 11) is 0. The quantitative estimate of drug-likeness (QED) is 0.872. The predicted molar refractivity (Wildman–Crippen MR) is 80.2 cm³/mol. The summed E-state index contributed by atoms with van der Waals surface area (Å²) in [6.07, 6.45) is 5.69. The van der Waals surface area contributed by atoms with Crippen LogP contribution in [-0.4, -0.2) is 30.6 Å². The van der Waals surface area contributed by atoms with Crippen molar-refractivity contribution in [2.45, 2.75) is 44.7 Å². The summed E-state index contributed by atoms with van der Waals surface area (Å²) in [5.41, 5.74) is 1.44. The molecule has 104 valence electrons. The second-order valence-corrected chi connectivity index (χ2v) is 6.15. The smallest absolute Gasteiger partial charge is 0.0449 e. The third kappa shape index (κ3) is 3.37. The Kier molecular flexibility index (Phi) is 4.19. The Morgan fingerprint density at radius 1 is 1.26 bits per heavy atom. The van der Waals surface area contributed by atoms with Gasteiger partial charge in [-0.15, -0.1) is 0 Å². The number of hydrogen-bond donors (Lipinski definition) is 1. The number of nitrogens with zero attached hydrogens (tertiary/aromatic N) is 1. The zero-order chi connectivity index (χ0) is 13.1. The van der Waals surface area contributed by atoms with Gasteiger partial charge in [0.1, 0.15) is 0 Å². The lowest BCUT2D eigenvalue weighted by Gasteiger charge is -2.39. The largest absolute Gasteiger partial charge is 0.308 e. The van der Waals surface area contributed by atoms with Crippen LogP contribution in [0.2, 0.25) is 0 Å². The maximum absolute atomic E-state index is 3.67. The van der Waals surface area contributed by atoms with Crippen molar-refractivity contribution in [3.05, 3.63) is 35.9 Å². The van der Waals surface area contributed by atoms with Crippen LogP contribution in [0.5, 0.6) is 0 Å². The first-order valence-electron chi connectivity index (χ1n) is 7.89. The van der Waals surface area contributed by atoms with Gasteiger partial charge in [-0.1, -0.05) is 50.1 Å². The topological polar surface area (TPSA) is 15.3 Å². The van der Waals surface area contributed by atoms with E-state index < -0.39 is 0 Å². The Balaban J connectivity index is 1.63. The van der Waals surface area contributed by atoms with E-state index in [9.17, 15) is 0 Å². The third-order valence-electron chi connectivity index (χ3n) is 4.70. The fourth-order valence-corrected chi connectivity index (χ4v) is 3.33. The van der Waals surface area contributed by atoms with E-state index in [2.05, 4.69) is 47.5 Å². The maximum Gasteiger partial charge on any atom is 0.0449 e. The molecule has 1 aliphatic carbocycles. The van der Waals surface area contributed by atoms with Gasteiger partial charge in [-0.3, -0.25) is 4.90 Å². The number of rotatable bonds is 5. The average Bonchev–Trinajstić information content (AvgIpc) is 3.30. The Morgan fingerprint density at radius 2 is 2.05 bits per heavy atom. The van der Waals surface area contributed by atoms with Crippen LogP contribution in [-0.2, 0) is 0 Å². The minimum Gasteiger partial charge on any atom is -0.308 e. The molecule has 2 nitrogen and oxygen atoms in total. The molecule has 0 aromatic heterocycles. The normalized spacial score (nSPS) is 26.3. The summed E-state index contributed by atoms with van der Waals surface area (Å²) in [5, 5.41) is 3.67. The lowest BCUT2D eigenvalue weighted by molar-refractivity contribution is 0.129. The Bertz CT molecular complexity index is 386. The second kappa shape index (κ2) is 6.06. The molecule has 2 fully saturated rings. The molecule has 0 amide bonds. The first-order valence-corrected chi connectivity index (χ1v) is 7.89. The van der Waals surface area contributed by atoms with Crippen molar-refractivity contribution >= 4 is 0 Å². The summed E-state index contributed by atoms with van der Waals surface area (Å²) >= 11 is 0. The fraction of sp³-hybridized carbons (Fsp3) is 0.647. The first-order chi connectivity index (χ1) is 9.36. The van der Waals surface area contributed by atoms with Crippen molar-refractivity contribution in [3.63, 3.8) is 0 Å². The van der Waals surface area contributed by atoms with Gasteiger partial charge in [0.15, 0.2) is 0 Å². The highest BCUT2D eigenvalue weighted by atomic mass is 15.2. The zero-order valence-corrected chi connectivity index (χ0v) is 12.0. The van der Waals surface area contributed by atoms with Gasteiger partial charge in [0, 0.05) is 31.7 Å². The van der Waals surface area contributed by atoms with E-state index in [1.54, 1.807) is 0 Å². The molecule has 2 unspecified atom stereocenters. The van der Waals surface area contributed by atoms with Gasteiger partial charge in [-0.05, 0) is 24.3 Å². The SMILES string of the molecule is CCC(CC1CC1)N1CCNC(c2ccccc2)C1. The molecule has 1 saturated carbocycles. The summed E-state index contributed by atoms with van der Waals surface area (Å²) in [4.78, 5) is 2.73. The summed E-state index contributed by atoms with van der Waals surface area (Å²) in [5.74, 6) is 1.04. The standard InChI is InChI=1S/C17H26N2/c1-2-16(12-14-8-9-14)19-11-10-18-17(13-19)15-6-4-3-5-7-15/h3-7,14,16-18H,2,8-13H2,1H3. The Hall–Kier alpha value is -0.860. The first kappa shape index (κ1) is 13.1. The molecular weight excluding hydrogens is 232 g/mol. The number of nitrogens with one attached hydrogen (secondary N) is 1. The molecule has 1 aliphatic heterocycles. The summed E-state index contributed by atoms with van der Waals surface area (Å²) < 4.78 is 0. The van der Waals surface area contributed by atoms with Crippen LogP contribution in [0.25, 0.3) is 0 Å². The van der Waals surface area contributed by atoms with Crippen LogP contribution in [0.1, 0.15) is 44.2 Å². The monoisotopic (exact) mass is 258 g/mol. The Labute approximate surface area is 117 Å². The van der Waals surface area contributed by atoms with Crippen LogP contribution in [0, 0.1) is 5.92 Å². The summed E-state index contributed by atoms with van der Waals surface area (Å²) in [6.45, 7) is 5.87. The van der Waals surface area contributed by atoms with Gasteiger partial charge >= 0.3 is 0 Å². The molecule has 1 aromatic rings. The van der Waals surface area contributed by atoms with Crippen LogP contribution >= 0.6 is 0 Å². The van der Waals surface area contributed by atoms with Crippen LogP contribution < -0.4 is 5.32 Å². The van der Waals surface area contributed by atoms with Crippen LogP contribution in [0.3, 0.4) is 0 Å². The molecule has 0 radical (unpaired) electrons. The molecule has 1 heterocycles. The molecule has 1 N–H and O–H groups in total. The van der Waals surface area contributed by atoms with Gasteiger partial charge in [-0.2, -0.15) is 0 Å². The predicted octanol–water partition coefficient (Wildman–Crippen LogP) is 3.21. The average molecular weight is 258 g/mol. The fourth-order valence-electron chi connectivity index (χ4n) is 3.33. The number of hydrogen-bond acceptors (Lipinski definition) is 2. The van der Waals surface area contributed by atoms with E-state index in [1.165, 1.54) is 44.3 Å². The molecule has 1 aromatic carbocycles. The van der Waals surface area contributed by atoms with Crippen molar-refractivity contribution in [2.75, 3.05) is 19.6 Å². The van der Waals surface area contributed by atoms with Crippen molar-refractivity contribution in [3.8, 4) is 0 Å². The molecule has 2 atom stereocenters. The van der Waals surface area contributed by atoms with Crippen molar-refractivity contribution in [2.24, 2.45) is 5.92 Å². The van der Waals surface area contributed by atoms with Crippen LogP contribution in [0.4, 0.5) is 0 Å². The van der Waals surface area contributed by atoms with E-state index >= 15 is 0 Å². The van der Waals surface area contributed by atoms with Crippen molar-refractivity contribution < 1.29 is 0 Å². The lowest BCUT2D eigenvalue weighted by atomic mass is 10.00. The maximum atomic E-state index is 3.67. The van der Waals surface area contributed by atoms with E-state index in [-0.39, 0.29) is 0 Å². The molecule has 3 rings (SSSR count). The highest BCUT2D eigenvalue weighted by Crippen LogP contribution is 2.36. The lowest BCUT2D eigenvalue weighted by Crippen LogP contribution is -2.50. The van der Waals surface area contributed by atoms with Gasteiger partial charge in [0.2, 0.25) is 0 Å². The Morgan fingerprint density at radius 3 is 2.74 bits per heavy atom. The van der Waals surface area contributed by atoms with Crippen LogP contribution in [0.15, 0.2) is 30.3 Å². The molecule has 1 saturated heterocycles. The molecule has 19 heavy (non-hydrogen) atoms. The molecule has 0 spiro atoms. The molecular formula is C17H26N2. The van der Waals surface area contributed by atoms with Gasteiger partial charge < -0.3 is 5.32 Å². The number of benzene rings is 1. The number of piperazine rings is 1. The van der Waals surface area contributed by atoms with Gasteiger partial charge in [-0.25, -0.2) is 0 Å². The molecule has 0 bridgehead atoms. The molecule has 2 heteroatoms. The second-order valence-electron chi connectivity index (χ2n) is 6.15.